The van der Waals surface area contributed by atoms with Crippen molar-refractivity contribution in [1.82, 2.24) is 0 Å². The maximum Gasteiger partial charge on any atom is 0.164 e. The standard InChI is InChI=1S/C12H17NOS/c1-2-14-12(15)9-11-5-3-4-10(8-11)6-7-13/h3-5,8H,2,6-7,9,13H2,1H3. The second kappa shape index (κ2) is 6.53. The molecular formula is C12H17NOS. The van der Waals surface area contributed by atoms with E-state index in [1.807, 2.05) is 13.0 Å². The van der Waals surface area contributed by atoms with Crippen molar-refractivity contribution in [1.29, 1.82) is 0 Å². The van der Waals surface area contributed by atoms with Gasteiger partial charge < -0.3 is 10.5 Å². The lowest BCUT2D eigenvalue weighted by Crippen LogP contribution is -2.06. The summed E-state index contributed by atoms with van der Waals surface area (Å²) in [6, 6.07) is 8.32. The van der Waals surface area contributed by atoms with Gasteiger partial charge in [-0.15, -0.1) is 0 Å². The zero-order valence-electron chi connectivity index (χ0n) is 9.03. The maximum atomic E-state index is 5.51. The molecule has 0 unspecified atom stereocenters. The molecule has 2 nitrogen and oxygen atoms in total. The first kappa shape index (κ1) is 12.1. The highest BCUT2D eigenvalue weighted by atomic mass is 32.1. The highest BCUT2D eigenvalue weighted by Crippen LogP contribution is 2.07. The number of hydrogen-bond acceptors (Lipinski definition) is 3. The molecule has 0 spiro atoms. The van der Waals surface area contributed by atoms with Gasteiger partial charge in [0.15, 0.2) is 5.05 Å². The van der Waals surface area contributed by atoms with Gasteiger partial charge in [0, 0.05) is 6.42 Å². The Balaban J connectivity index is 2.60. The largest absolute Gasteiger partial charge is 0.487 e. The van der Waals surface area contributed by atoms with Crippen LogP contribution in [0.15, 0.2) is 24.3 Å². The van der Waals surface area contributed by atoms with E-state index in [-0.39, 0.29) is 0 Å². The van der Waals surface area contributed by atoms with Crippen molar-refractivity contribution in [2.24, 2.45) is 5.73 Å². The molecule has 0 fully saturated rings. The van der Waals surface area contributed by atoms with Crippen LogP contribution in [0, 0.1) is 0 Å². The van der Waals surface area contributed by atoms with Crippen LogP contribution in [0.2, 0.25) is 0 Å². The Morgan fingerprint density at radius 3 is 2.80 bits per heavy atom. The molecule has 2 N–H and O–H groups in total. The Hall–Kier alpha value is -0.930. The molecule has 0 radical (unpaired) electrons. The van der Waals surface area contributed by atoms with E-state index >= 15 is 0 Å². The summed E-state index contributed by atoms with van der Waals surface area (Å²) in [5, 5.41) is 0.655. The summed E-state index contributed by atoms with van der Waals surface area (Å²) in [7, 11) is 0. The summed E-state index contributed by atoms with van der Waals surface area (Å²) in [5.74, 6) is 0. The molecule has 1 rings (SSSR count). The van der Waals surface area contributed by atoms with E-state index in [9.17, 15) is 0 Å². The number of benzene rings is 1. The smallest absolute Gasteiger partial charge is 0.164 e. The summed E-state index contributed by atoms with van der Waals surface area (Å²) in [6.07, 6.45) is 1.62. The maximum absolute atomic E-state index is 5.51. The number of hydrogen-bond donors (Lipinski definition) is 1. The Bertz CT molecular complexity index is 325. The van der Waals surface area contributed by atoms with Crippen LogP contribution in [0.25, 0.3) is 0 Å². The summed E-state index contributed by atoms with van der Waals surface area (Å²) in [4.78, 5) is 0. The molecule has 0 aliphatic heterocycles. The highest BCUT2D eigenvalue weighted by molar-refractivity contribution is 7.80. The molecule has 15 heavy (non-hydrogen) atoms. The van der Waals surface area contributed by atoms with Gasteiger partial charge in [0.2, 0.25) is 0 Å². The normalized spacial score (nSPS) is 10.0. The lowest BCUT2D eigenvalue weighted by Gasteiger charge is -2.06. The monoisotopic (exact) mass is 223 g/mol. The van der Waals surface area contributed by atoms with E-state index in [0.717, 1.165) is 6.42 Å². The Kier molecular flexibility index (Phi) is 5.29. The fourth-order valence-electron chi connectivity index (χ4n) is 1.44. The van der Waals surface area contributed by atoms with Gasteiger partial charge >= 0.3 is 0 Å². The van der Waals surface area contributed by atoms with Crippen molar-refractivity contribution in [2.45, 2.75) is 19.8 Å². The molecule has 0 bridgehead atoms. The van der Waals surface area contributed by atoms with Gasteiger partial charge in [0.1, 0.15) is 0 Å². The van der Waals surface area contributed by atoms with Crippen LogP contribution in [0.5, 0.6) is 0 Å². The summed E-state index contributed by atoms with van der Waals surface area (Å²) in [5.41, 5.74) is 7.96. The van der Waals surface area contributed by atoms with Crippen LogP contribution in [0.3, 0.4) is 0 Å². The van der Waals surface area contributed by atoms with Crippen molar-refractivity contribution in [3.63, 3.8) is 0 Å². The molecule has 82 valence electrons. The first-order valence-electron chi connectivity index (χ1n) is 5.19. The Morgan fingerprint density at radius 1 is 1.40 bits per heavy atom. The molecule has 0 saturated carbocycles. The van der Waals surface area contributed by atoms with Crippen LogP contribution < -0.4 is 5.73 Å². The predicted octanol–water partition coefficient (Wildman–Crippen LogP) is 2.09. The van der Waals surface area contributed by atoms with E-state index < -0.39 is 0 Å². The van der Waals surface area contributed by atoms with E-state index in [4.69, 9.17) is 22.7 Å². The number of rotatable bonds is 5. The molecule has 0 aromatic heterocycles. The van der Waals surface area contributed by atoms with Crippen LogP contribution in [0.4, 0.5) is 0 Å². The first-order valence-corrected chi connectivity index (χ1v) is 5.60. The third-order valence-electron chi connectivity index (χ3n) is 2.08. The minimum atomic E-state index is 0.640. The number of nitrogens with two attached hydrogens (primary N) is 1. The lowest BCUT2D eigenvalue weighted by molar-refractivity contribution is 0.330. The zero-order chi connectivity index (χ0) is 11.1. The lowest BCUT2D eigenvalue weighted by atomic mass is 10.1. The topological polar surface area (TPSA) is 35.2 Å². The quantitative estimate of drug-likeness (QED) is 0.776. The van der Waals surface area contributed by atoms with Gasteiger partial charge in [-0.25, -0.2) is 0 Å². The third kappa shape index (κ3) is 4.40. The van der Waals surface area contributed by atoms with Crippen molar-refractivity contribution in [2.75, 3.05) is 13.2 Å². The Labute approximate surface area is 96.4 Å². The molecule has 0 aliphatic rings. The van der Waals surface area contributed by atoms with E-state index in [1.165, 1.54) is 11.1 Å². The van der Waals surface area contributed by atoms with Crippen molar-refractivity contribution in [3.05, 3.63) is 35.4 Å². The minimum Gasteiger partial charge on any atom is -0.487 e. The molecule has 0 atom stereocenters. The minimum absolute atomic E-state index is 0.640. The average molecular weight is 223 g/mol. The van der Waals surface area contributed by atoms with Gasteiger partial charge in [0.05, 0.1) is 6.61 Å². The van der Waals surface area contributed by atoms with Crippen molar-refractivity contribution >= 4 is 17.3 Å². The highest BCUT2D eigenvalue weighted by Gasteiger charge is 2.00. The van der Waals surface area contributed by atoms with E-state index in [2.05, 4.69) is 18.2 Å². The van der Waals surface area contributed by atoms with Crippen LogP contribution in [-0.4, -0.2) is 18.2 Å². The Morgan fingerprint density at radius 2 is 2.13 bits per heavy atom. The molecular weight excluding hydrogens is 206 g/mol. The molecule has 0 saturated heterocycles. The van der Waals surface area contributed by atoms with E-state index in [0.29, 0.717) is 24.6 Å². The molecule has 1 aromatic carbocycles. The van der Waals surface area contributed by atoms with Crippen molar-refractivity contribution < 1.29 is 4.74 Å². The first-order chi connectivity index (χ1) is 7.26. The molecule has 0 heterocycles. The molecule has 0 amide bonds. The molecule has 0 aliphatic carbocycles. The average Bonchev–Trinajstić information content (AvgIpc) is 2.19. The van der Waals surface area contributed by atoms with Gasteiger partial charge in [0.25, 0.3) is 0 Å². The fourth-order valence-corrected chi connectivity index (χ4v) is 1.72. The van der Waals surface area contributed by atoms with Crippen molar-refractivity contribution in [3.8, 4) is 0 Å². The van der Waals surface area contributed by atoms with Gasteiger partial charge in [-0.3, -0.25) is 0 Å². The number of thiocarbonyl (C=S) groups is 1. The second-order valence-electron chi connectivity index (χ2n) is 3.34. The van der Waals surface area contributed by atoms with Gasteiger partial charge in [-0.1, -0.05) is 24.3 Å². The third-order valence-corrected chi connectivity index (χ3v) is 2.34. The molecule has 3 heteroatoms. The molecule has 1 aromatic rings. The van der Waals surface area contributed by atoms with Crippen LogP contribution in [0.1, 0.15) is 18.1 Å². The predicted molar refractivity (Wildman–Crippen MR) is 67.1 cm³/mol. The second-order valence-corrected chi connectivity index (χ2v) is 3.80. The SMILES string of the molecule is CCOC(=S)Cc1cccc(CCN)c1. The van der Waals surface area contributed by atoms with Gasteiger partial charge in [-0.05, 0) is 43.2 Å². The van der Waals surface area contributed by atoms with Gasteiger partial charge in [-0.2, -0.15) is 0 Å². The van der Waals surface area contributed by atoms with E-state index in [1.54, 1.807) is 0 Å². The summed E-state index contributed by atoms with van der Waals surface area (Å²) < 4.78 is 5.25. The summed E-state index contributed by atoms with van der Waals surface area (Å²) in [6.45, 7) is 3.26. The summed E-state index contributed by atoms with van der Waals surface area (Å²) >= 11 is 5.10. The number of ether oxygens (including phenoxy) is 1. The zero-order valence-corrected chi connectivity index (χ0v) is 9.85. The fraction of sp³-hybridized carbons (Fsp3) is 0.417. The van der Waals surface area contributed by atoms with Crippen LogP contribution >= 0.6 is 12.2 Å². The van der Waals surface area contributed by atoms with Crippen LogP contribution in [-0.2, 0) is 17.6 Å².